The van der Waals surface area contributed by atoms with Gasteiger partial charge in [0.2, 0.25) is 5.91 Å². The van der Waals surface area contributed by atoms with Gasteiger partial charge in [-0.1, -0.05) is 0 Å². The van der Waals surface area contributed by atoms with E-state index < -0.39 is 0 Å². The quantitative estimate of drug-likeness (QED) is 0.917. The molecule has 1 unspecified atom stereocenters. The highest BCUT2D eigenvalue weighted by molar-refractivity contribution is 6.05. The SMILES string of the molecule is COc1ccc2c(c1)CC1(CCN(CC3CCNC3=O)CC1)C2=O. The summed E-state index contributed by atoms with van der Waals surface area (Å²) in [7, 11) is 1.66. The Labute approximate surface area is 142 Å². The Morgan fingerprint density at radius 1 is 1.29 bits per heavy atom. The van der Waals surface area contributed by atoms with Crippen LogP contribution >= 0.6 is 0 Å². The van der Waals surface area contributed by atoms with Crippen molar-refractivity contribution in [3.05, 3.63) is 29.3 Å². The number of Topliss-reactive ketones (excluding diaryl/α,β-unsaturated/α-hetero) is 1. The van der Waals surface area contributed by atoms with E-state index in [0.29, 0.717) is 5.78 Å². The summed E-state index contributed by atoms with van der Waals surface area (Å²) >= 11 is 0. The van der Waals surface area contributed by atoms with Gasteiger partial charge in [0.1, 0.15) is 5.75 Å². The summed E-state index contributed by atoms with van der Waals surface area (Å²) in [4.78, 5) is 27.1. The number of carbonyl (C=O) groups is 2. The summed E-state index contributed by atoms with van der Waals surface area (Å²) in [5, 5.41) is 2.91. The molecule has 3 aliphatic rings. The summed E-state index contributed by atoms with van der Waals surface area (Å²) in [5.74, 6) is 1.44. The number of ketones is 1. The van der Waals surface area contributed by atoms with Gasteiger partial charge in [-0.25, -0.2) is 0 Å². The van der Waals surface area contributed by atoms with Gasteiger partial charge in [0, 0.05) is 24.1 Å². The number of methoxy groups -OCH3 is 1. The van der Waals surface area contributed by atoms with E-state index in [-0.39, 0.29) is 17.2 Å². The molecule has 128 valence electrons. The number of amides is 1. The fraction of sp³-hybridized carbons (Fsp3) is 0.579. The molecule has 1 atom stereocenters. The van der Waals surface area contributed by atoms with Crippen molar-refractivity contribution < 1.29 is 14.3 Å². The third-order valence-corrected chi connectivity index (χ3v) is 6.02. The van der Waals surface area contributed by atoms with Gasteiger partial charge in [0.15, 0.2) is 5.78 Å². The second-order valence-corrected chi connectivity index (χ2v) is 7.39. The van der Waals surface area contributed by atoms with Crippen molar-refractivity contribution in [1.82, 2.24) is 10.2 Å². The number of hydrogen-bond donors (Lipinski definition) is 1. The number of nitrogens with one attached hydrogen (secondary N) is 1. The molecule has 0 saturated carbocycles. The zero-order valence-corrected chi connectivity index (χ0v) is 14.1. The molecule has 24 heavy (non-hydrogen) atoms. The summed E-state index contributed by atoms with van der Waals surface area (Å²) in [6.07, 6.45) is 3.54. The maximum absolute atomic E-state index is 13.0. The number of nitrogens with zero attached hydrogens (tertiary/aromatic N) is 1. The maximum Gasteiger partial charge on any atom is 0.224 e. The molecule has 1 spiro atoms. The van der Waals surface area contributed by atoms with Gasteiger partial charge in [0.05, 0.1) is 13.0 Å². The van der Waals surface area contributed by atoms with Crippen molar-refractivity contribution in [2.24, 2.45) is 11.3 Å². The molecule has 2 heterocycles. The molecular weight excluding hydrogens is 304 g/mol. The van der Waals surface area contributed by atoms with Crippen molar-refractivity contribution in [3.63, 3.8) is 0 Å². The van der Waals surface area contributed by atoms with Crippen LogP contribution in [0.2, 0.25) is 0 Å². The molecule has 0 radical (unpaired) electrons. The monoisotopic (exact) mass is 328 g/mol. The molecule has 1 aromatic carbocycles. The van der Waals surface area contributed by atoms with Crippen LogP contribution in [0, 0.1) is 11.3 Å². The van der Waals surface area contributed by atoms with Crippen molar-refractivity contribution in [2.45, 2.75) is 25.7 Å². The van der Waals surface area contributed by atoms with E-state index in [0.717, 1.165) is 68.7 Å². The molecular formula is C19H24N2O3. The number of hydrogen-bond acceptors (Lipinski definition) is 4. The van der Waals surface area contributed by atoms with Crippen LogP contribution in [0.4, 0.5) is 0 Å². The molecule has 1 aliphatic carbocycles. The molecule has 2 fully saturated rings. The Morgan fingerprint density at radius 2 is 2.08 bits per heavy atom. The van der Waals surface area contributed by atoms with E-state index >= 15 is 0 Å². The molecule has 1 amide bonds. The number of piperidine rings is 1. The lowest BCUT2D eigenvalue weighted by Crippen LogP contribution is -2.45. The fourth-order valence-corrected chi connectivity index (χ4v) is 4.49. The molecule has 2 aliphatic heterocycles. The average Bonchev–Trinajstić information content (AvgIpc) is 3.11. The van der Waals surface area contributed by atoms with E-state index in [1.54, 1.807) is 7.11 Å². The predicted octanol–water partition coefficient (Wildman–Crippen LogP) is 1.65. The number of fused-ring (bicyclic) bond motifs is 1. The summed E-state index contributed by atoms with van der Waals surface area (Å²) in [5.41, 5.74) is 1.77. The van der Waals surface area contributed by atoms with Crippen LogP contribution in [-0.2, 0) is 11.2 Å². The Hall–Kier alpha value is -1.88. The molecule has 4 rings (SSSR count). The number of likely N-dealkylation sites (tertiary alicyclic amines) is 1. The minimum Gasteiger partial charge on any atom is -0.497 e. The lowest BCUT2D eigenvalue weighted by atomic mass is 9.75. The van der Waals surface area contributed by atoms with Gasteiger partial charge < -0.3 is 15.0 Å². The highest BCUT2D eigenvalue weighted by Gasteiger charge is 2.47. The molecule has 1 aromatic rings. The smallest absolute Gasteiger partial charge is 0.224 e. The second-order valence-electron chi connectivity index (χ2n) is 7.39. The van der Waals surface area contributed by atoms with Crippen molar-refractivity contribution in [2.75, 3.05) is 33.3 Å². The molecule has 2 saturated heterocycles. The number of rotatable bonds is 3. The molecule has 5 nitrogen and oxygen atoms in total. The van der Waals surface area contributed by atoms with Gasteiger partial charge in [-0.05, 0) is 62.5 Å². The summed E-state index contributed by atoms with van der Waals surface area (Å²) in [6.45, 7) is 3.44. The Balaban J connectivity index is 1.43. The minimum absolute atomic E-state index is 0.125. The zero-order valence-electron chi connectivity index (χ0n) is 14.1. The van der Waals surface area contributed by atoms with Crippen LogP contribution in [0.5, 0.6) is 5.75 Å². The van der Waals surface area contributed by atoms with E-state index in [1.807, 2.05) is 18.2 Å². The standard InChI is InChI=1S/C19H24N2O3/c1-24-15-2-3-16-14(10-15)11-19(17(16)22)5-8-21(9-6-19)12-13-4-7-20-18(13)23/h2-3,10,13H,4-9,11-12H2,1H3,(H,20,23). The van der Waals surface area contributed by atoms with Gasteiger partial charge in [-0.2, -0.15) is 0 Å². The molecule has 0 aromatic heterocycles. The summed E-state index contributed by atoms with van der Waals surface area (Å²) in [6, 6.07) is 5.81. The van der Waals surface area contributed by atoms with Crippen molar-refractivity contribution in [3.8, 4) is 5.75 Å². The highest BCUT2D eigenvalue weighted by Crippen LogP contribution is 2.45. The van der Waals surface area contributed by atoms with Crippen LogP contribution in [0.3, 0.4) is 0 Å². The van der Waals surface area contributed by atoms with E-state index in [1.165, 1.54) is 0 Å². The van der Waals surface area contributed by atoms with Crippen molar-refractivity contribution in [1.29, 1.82) is 0 Å². The minimum atomic E-state index is -0.233. The molecule has 5 heteroatoms. The Morgan fingerprint density at radius 3 is 2.75 bits per heavy atom. The van der Waals surface area contributed by atoms with Crippen LogP contribution in [0.25, 0.3) is 0 Å². The number of benzene rings is 1. The average molecular weight is 328 g/mol. The third-order valence-electron chi connectivity index (χ3n) is 6.02. The van der Waals surface area contributed by atoms with E-state index in [9.17, 15) is 9.59 Å². The van der Waals surface area contributed by atoms with Gasteiger partial charge >= 0.3 is 0 Å². The van der Waals surface area contributed by atoms with Crippen LogP contribution in [-0.4, -0.2) is 49.9 Å². The molecule has 1 N–H and O–H groups in total. The van der Waals surface area contributed by atoms with E-state index in [2.05, 4.69) is 10.2 Å². The van der Waals surface area contributed by atoms with Gasteiger partial charge in [-0.15, -0.1) is 0 Å². The van der Waals surface area contributed by atoms with Gasteiger partial charge in [-0.3, -0.25) is 9.59 Å². The largest absolute Gasteiger partial charge is 0.497 e. The van der Waals surface area contributed by atoms with E-state index in [4.69, 9.17) is 4.74 Å². The van der Waals surface area contributed by atoms with Crippen LogP contribution in [0.1, 0.15) is 35.2 Å². The predicted molar refractivity (Wildman–Crippen MR) is 90.3 cm³/mol. The van der Waals surface area contributed by atoms with Crippen LogP contribution in [0.15, 0.2) is 18.2 Å². The Bertz CT molecular complexity index is 677. The lowest BCUT2D eigenvalue weighted by molar-refractivity contribution is -0.123. The number of carbonyl (C=O) groups excluding carboxylic acids is 2. The first kappa shape index (κ1) is 15.6. The topological polar surface area (TPSA) is 58.6 Å². The highest BCUT2D eigenvalue weighted by atomic mass is 16.5. The first-order valence-corrected chi connectivity index (χ1v) is 8.83. The summed E-state index contributed by atoms with van der Waals surface area (Å²) < 4.78 is 5.29. The molecule has 0 bridgehead atoms. The van der Waals surface area contributed by atoms with Crippen molar-refractivity contribution >= 4 is 11.7 Å². The zero-order chi connectivity index (χ0) is 16.7. The first-order valence-electron chi connectivity index (χ1n) is 8.83. The van der Waals surface area contributed by atoms with Gasteiger partial charge in [0.25, 0.3) is 0 Å². The Kier molecular flexibility index (Phi) is 3.83. The number of ether oxygens (including phenoxy) is 1. The first-order chi connectivity index (χ1) is 11.6. The fourth-order valence-electron chi connectivity index (χ4n) is 4.49. The second kappa shape index (κ2) is 5.88. The maximum atomic E-state index is 13.0. The van der Waals surface area contributed by atoms with Crippen LogP contribution < -0.4 is 10.1 Å². The third kappa shape index (κ3) is 2.51. The lowest BCUT2D eigenvalue weighted by Gasteiger charge is -2.38. The normalized spacial score (nSPS) is 25.8.